The number of aliphatic hydroxyl groups excluding tert-OH is 11. The van der Waals surface area contributed by atoms with Crippen LogP contribution in [0.3, 0.4) is 0 Å². The van der Waals surface area contributed by atoms with E-state index in [9.17, 15) is 61.0 Å². The molecule has 118 heavy (non-hydrogen) atoms. The minimum atomic E-state index is -1.99. The molecule has 0 radical (unpaired) electrons. The zero-order valence-electron chi connectivity index (χ0n) is 73.3. The number of hydrogen-bond donors (Lipinski definition) is 12. The first kappa shape index (κ1) is 108. The van der Waals surface area contributed by atoms with Gasteiger partial charge in [0.1, 0.15) is 73.2 Å². The van der Waals surface area contributed by atoms with Gasteiger partial charge in [-0.2, -0.15) is 0 Å². The number of allylic oxidation sites excluding steroid dienone is 23. The van der Waals surface area contributed by atoms with Crippen molar-refractivity contribution in [2.24, 2.45) is 0 Å². The summed E-state index contributed by atoms with van der Waals surface area (Å²) in [5.74, 6) is -0.292. The Balaban J connectivity index is 1.33. The van der Waals surface area contributed by atoms with Crippen LogP contribution in [-0.2, 0) is 33.2 Å². The van der Waals surface area contributed by atoms with Crippen molar-refractivity contribution in [2.45, 2.75) is 446 Å². The molecule has 0 bridgehead atoms. The van der Waals surface area contributed by atoms with E-state index in [4.69, 9.17) is 28.4 Å². The molecule has 0 aromatic heterocycles. The van der Waals surface area contributed by atoms with E-state index in [1.807, 2.05) is 6.08 Å². The lowest BCUT2D eigenvalue weighted by atomic mass is 9.96. The number of amides is 1. The van der Waals surface area contributed by atoms with Crippen molar-refractivity contribution in [1.29, 1.82) is 0 Å². The number of hydrogen-bond acceptors (Lipinski definition) is 18. The van der Waals surface area contributed by atoms with Crippen molar-refractivity contribution in [3.63, 3.8) is 0 Å². The summed E-state index contributed by atoms with van der Waals surface area (Å²) in [4.78, 5) is 13.5. The third kappa shape index (κ3) is 53.6. The zero-order chi connectivity index (χ0) is 85.2. The molecule has 0 aromatic carbocycles. The highest BCUT2D eigenvalue weighted by atomic mass is 16.8. The van der Waals surface area contributed by atoms with Crippen LogP contribution >= 0.6 is 0 Å². The molecule has 3 aliphatic rings. The van der Waals surface area contributed by atoms with E-state index in [0.717, 1.165) is 116 Å². The number of aliphatic hydroxyl groups is 11. The Bertz CT molecular complexity index is 2700. The lowest BCUT2D eigenvalue weighted by molar-refractivity contribution is -0.379. The van der Waals surface area contributed by atoms with E-state index in [2.05, 4.69) is 153 Å². The highest BCUT2D eigenvalue weighted by Crippen LogP contribution is 2.34. The fourth-order valence-corrected chi connectivity index (χ4v) is 14.9. The molecule has 19 heteroatoms. The van der Waals surface area contributed by atoms with E-state index < -0.39 is 124 Å². The topological polar surface area (TPSA) is 307 Å². The van der Waals surface area contributed by atoms with Crippen LogP contribution in [-0.4, -0.2) is 193 Å². The second kappa shape index (κ2) is 76.3. The number of unbranched alkanes of at least 4 members (excludes halogenated alkanes) is 37. The summed E-state index contributed by atoms with van der Waals surface area (Å²) in [6.07, 6.45) is 85.7. The van der Waals surface area contributed by atoms with Gasteiger partial charge in [-0.1, -0.05) is 372 Å². The van der Waals surface area contributed by atoms with Gasteiger partial charge in [0.15, 0.2) is 18.9 Å². The lowest BCUT2D eigenvalue weighted by Gasteiger charge is -2.48. The summed E-state index contributed by atoms with van der Waals surface area (Å²) < 4.78 is 34.5. The van der Waals surface area contributed by atoms with E-state index in [0.29, 0.717) is 12.8 Å². The molecule has 0 aromatic rings. The van der Waals surface area contributed by atoms with Crippen LogP contribution in [0.5, 0.6) is 0 Å². The standard InChI is InChI=1S/C99H169NO18/c1-3-5-7-9-11-13-15-17-19-21-23-25-27-29-31-33-35-37-38-39-40-41-42-43-44-45-47-49-51-53-55-57-59-61-63-65-67-69-71-73-75-77-87(105)100-82(83(104)76-74-72-70-68-66-64-62-60-58-56-54-52-50-48-46-36-34-32-30-28-26-24-22-20-18-16-14-12-10-8-6-4-2)81-113-97-93(111)90(108)95(85(79-102)115-97)118-99-94(112)91(109)96(86(80-103)116-99)117-98-92(110)89(107)88(106)84(78-101)114-98/h5,7,11,13,17,19,23,25,29,31,35,37,39-40,42-43,45,47,51,53,66,68,74,76,82-86,88-99,101-104,106-112H,3-4,6,8-10,12,14-16,18,20-22,24,26-28,30,32-34,36,38,41,44,46,48-50,52,54-65,67,69-73,75,77-81H2,1-2H3,(H,100,105)/b7-5-,13-11-,19-17-,25-23-,31-29-,37-35-,40-39-,43-42-,47-45-,53-51-,68-66+,76-74+. The van der Waals surface area contributed by atoms with Crippen LogP contribution in [0.1, 0.15) is 341 Å². The smallest absolute Gasteiger partial charge is 0.220 e. The predicted octanol–water partition coefficient (Wildman–Crippen LogP) is 18.9. The van der Waals surface area contributed by atoms with E-state index in [-0.39, 0.29) is 18.9 Å². The Labute approximate surface area is 714 Å². The van der Waals surface area contributed by atoms with Crippen LogP contribution in [0.15, 0.2) is 146 Å². The Morgan fingerprint density at radius 2 is 0.593 bits per heavy atom. The normalized spacial score (nSPS) is 25.0. The largest absolute Gasteiger partial charge is 0.394 e. The van der Waals surface area contributed by atoms with Crippen LogP contribution < -0.4 is 5.32 Å². The maximum absolute atomic E-state index is 13.5. The van der Waals surface area contributed by atoms with Crippen LogP contribution in [0.4, 0.5) is 0 Å². The third-order valence-corrected chi connectivity index (χ3v) is 22.4. The summed E-state index contributed by atoms with van der Waals surface area (Å²) in [6, 6.07) is -1.00. The quantitative estimate of drug-likeness (QED) is 0.0199. The molecule has 3 aliphatic heterocycles. The van der Waals surface area contributed by atoms with Gasteiger partial charge in [0.25, 0.3) is 0 Å². The van der Waals surface area contributed by atoms with Crippen molar-refractivity contribution in [1.82, 2.24) is 5.32 Å². The summed E-state index contributed by atoms with van der Waals surface area (Å²) in [5, 5.41) is 121. The van der Waals surface area contributed by atoms with E-state index in [1.165, 1.54) is 193 Å². The molecule has 12 N–H and O–H groups in total. The van der Waals surface area contributed by atoms with Crippen LogP contribution in [0, 0.1) is 0 Å². The minimum Gasteiger partial charge on any atom is -0.394 e. The summed E-state index contributed by atoms with van der Waals surface area (Å²) in [7, 11) is 0. The van der Waals surface area contributed by atoms with Gasteiger partial charge in [0, 0.05) is 6.42 Å². The molecular weight excluding hydrogens is 1490 g/mol. The number of nitrogens with one attached hydrogen (secondary N) is 1. The molecule has 3 rings (SSSR count). The fraction of sp³-hybridized carbons (Fsp3) is 0.747. The molecule has 678 valence electrons. The summed E-state index contributed by atoms with van der Waals surface area (Å²) in [5.41, 5.74) is 0. The predicted molar refractivity (Wildman–Crippen MR) is 479 cm³/mol. The van der Waals surface area contributed by atoms with Crippen LogP contribution in [0.25, 0.3) is 0 Å². The van der Waals surface area contributed by atoms with Gasteiger partial charge in [-0.25, -0.2) is 0 Å². The van der Waals surface area contributed by atoms with Crippen molar-refractivity contribution in [3.05, 3.63) is 146 Å². The van der Waals surface area contributed by atoms with Gasteiger partial charge in [-0.15, -0.1) is 0 Å². The van der Waals surface area contributed by atoms with Gasteiger partial charge >= 0.3 is 0 Å². The first-order chi connectivity index (χ1) is 57.8. The molecule has 19 nitrogen and oxygen atoms in total. The van der Waals surface area contributed by atoms with Gasteiger partial charge in [-0.3, -0.25) is 4.79 Å². The molecule has 0 spiro atoms. The maximum atomic E-state index is 13.5. The Morgan fingerprint density at radius 3 is 0.949 bits per heavy atom. The summed E-state index contributed by atoms with van der Waals surface area (Å²) >= 11 is 0. The second-order valence-corrected chi connectivity index (χ2v) is 32.7. The molecular formula is C99H169NO18. The monoisotopic (exact) mass is 1660 g/mol. The molecule has 0 aliphatic carbocycles. The molecule has 3 fully saturated rings. The highest BCUT2D eigenvalue weighted by Gasteiger charge is 2.54. The molecule has 17 unspecified atom stereocenters. The fourth-order valence-electron chi connectivity index (χ4n) is 14.9. The molecule has 3 saturated heterocycles. The van der Waals surface area contributed by atoms with Crippen molar-refractivity contribution in [2.75, 3.05) is 26.4 Å². The van der Waals surface area contributed by atoms with Crippen molar-refractivity contribution in [3.8, 4) is 0 Å². The van der Waals surface area contributed by atoms with Gasteiger partial charge in [0.05, 0.1) is 38.6 Å². The number of carbonyl (C=O) groups is 1. The zero-order valence-corrected chi connectivity index (χ0v) is 73.3. The van der Waals surface area contributed by atoms with Gasteiger partial charge in [0.2, 0.25) is 5.91 Å². The molecule has 1 amide bonds. The lowest BCUT2D eigenvalue weighted by Crippen LogP contribution is -2.66. The summed E-state index contributed by atoms with van der Waals surface area (Å²) in [6.45, 7) is 1.63. The number of ether oxygens (including phenoxy) is 6. The Hall–Kier alpha value is -4.33. The Kier molecular flexibility index (Phi) is 69.8. The molecule has 17 atom stereocenters. The Morgan fingerprint density at radius 1 is 0.314 bits per heavy atom. The SMILES string of the molecule is CC/C=C\C/C=C\C/C=C\C/C=C\C/C=C\C/C=C\C/C=C\C/C=C\C/C=C\C/C=C\CCCCCCCCCCCCC(=O)NC(COC1OC(CO)C(OC2OC(CO)C(OC3OC(CO)C(O)C(O)C3O)C(O)C2O)C(O)C1O)C(O)/C=C/CC/C=C/CCCCCCCCCCCCCCCCCCCCCCCCCCCC. The minimum absolute atomic E-state index is 0.222. The van der Waals surface area contributed by atoms with Crippen molar-refractivity contribution < 1.29 is 89.4 Å². The van der Waals surface area contributed by atoms with Gasteiger partial charge in [-0.05, 0) is 109 Å². The molecule has 0 saturated carbocycles. The second-order valence-electron chi connectivity index (χ2n) is 32.7. The molecule has 3 heterocycles. The average Bonchev–Trinajstić information content (AvgIpc) is 0.777. The maximum Gasteiger partial charge on any atom is 0.220 e. The number of rotatable bonds is 75. The first-order valence-electron chi connectivity index (χ1n) is 47.1. The van der Waals surface area contributed by atoms with Crippen molar-refractivity contribution >= 4 is 5.91 Å². The van der Waals surface area contributed by atoms with Crippen LogP contribution in [0.2, 0.25) is 0 Å². The number of carbonyl (C=O) groups excluding carboxylic acids is 1. The first-order valence-corrected chi connectivity index (χ1v) is 47.1. The highest BCUT2D eigenvalue weighted by molar-refractivity contribution is 5.76. The van der Waals surface area contributed by atoms with E-state index in [1.54, 1.807) is 6.08 Å². The third-order valence-electron chi connectivity index (χ3n) is 22.4. The average molecular weight is 1660 g/mol. The van der Waals surface area contributed by atoms with E-state index >= 15 is 0 Å². The van der Waals surface area contributed by atoms with Gasteiger partial charge < -0.3 is 89.9 Å².